The highest BCUT2D eigenvalue weighted by Crippen LogP contribution is 2.19. The van der Waals surface area contributed by atoms with E-state index in [4.69, 9.17) is 4.74 Å². The quantitative estimate of drug-likeness (QED) is 0.579. The maximum Gasteiger partial charge on any atom is 0.326 e. The highest BCUT2D eigenvalue weighted by molar-refractivity contribution is 6.11. The van der Waals surface area contributed by atoms with Crippen LogP contribution in [0.5, 0.6) is 0 Å². The van der Waals surface area contributed by atoms with E-state index in [2.05, 4.69) is 10.6 Å². The van der Waals surface area contributed by atoms with Crippen LogP contribution in [0.25, 0.3) is 0 Å². The Bertz CT molecular complexity index is 827. The standard InChI is InChI=1S/C19H23N3O6/c1-11(16(25)20-18(27)21-19(2,3)4)28-15(24)10-22-14(23)9-12-7-5-6-8-13(12)17(22)26/h5-8,11H,9-10H2,1-4H3,(H2,20,21,25,27)/t11-/m0/s1. The Kier molecular flexibility index (Phi) is 6.17. The van der Waals surface area contributed by atoms with Crippen LogP contribution in [0.1, 0.15) is 43.6 Å². The minimum absolute atomic E-state index is 0.00178. The molecular formula is C19H23N3O6. The largest absolute Gasteiger partial charge is 0.451 e. The lowest BCUT2D eigenvalue weighted by molar-refractivity contribution is -0.156. The number of hydrogen-bond donors (Lipinski definition) is 2. The van der Waals surface area contributed by atoms with Gasteiger partial charge < -0.3 is 10.1 Å². The summed E-state index contributed by atoms with van der Waals surface area (Å²) in [7, 11) is 0. The third-order valence-corrected chi connectivity index (χ3v) is 3.83. The number of carbonyl (C=O) groups is 5. The van der Waals surface area contributed by atoms with Crippen molar-refractivity contribution in [1.82, 2.24) is 15.5 Å². The molecule has 0 bridgehead atoms. The molecule has 2 rings (SSSR count). The number of rotatable bonds is 4. The van der Waals surface area contributed by atoms with Gasteiger partial charge in [0.1, 0.15) is 6.54 Å². The molecule has 0 aliphatic carbocycles. The van der Waals surface area contributed by atoms with Gasteiger partial charge in [0.15, 0.2) is 6.10 Å². The smallest absolute Gasteiger partial charge is 0.326 e. The number of carbonyl (C=O) groups excluding carboxylic acids is 5. The van der Waals surface area contributed by atoms with E-state index in [1.54, 1.807) is 45.0 Å². The van der Waals surface area contributed by atoms with Gasteiger partial charge in [-0.05, 0) is 39.3 Å². The first-order chi connectivity index (χ1) is 13.0. The molecule has 1 aliphatic rings. The number of nitrogens with one attached hydrogen (secondary N) is 2. The van der Waals surface area contributed by atoms with E-state index in [1.165, 1.54) is 6.92 Å². The van der Waals surface area contributed by atoms with Crippen molar-refractivity contribution in [1.29, 1.82) is 0 Å². The number of imide groups is 2. The van der Waals surface area contributed by atoms with Gasteiger partial charge in [0.05, 0.1) is 6.42 Å². The number of urea groups is 1. The average molecular weight is 389 g/mol. The van der Waals surface area contributed by atoms with E-state index < -0.39 is 47.9 Å². The number of benzene rings is 1. The van der Waals surface area contributed by atoms with Crippen LogP contribution in [0.3, 0.4) is 0 Å². The van der Waals surface area contributed by atoms with Gasteiger partial charge in [-0.25, -0.2) is 4.79 Å². The molecule has 9 nitrogen and oxygen atoms in total. The third-order valence-electron chi connectivity index (χ3n) is 3.83. The first-order valence-electron chi connectivity index (χ1n) is 8.73. The molecule has 0 saturated carbocycles. The maximum atomic E-state index is 12.4. The summed E-state index contributed by atoms with van der Waals surface area (Å²) in [5.41, 5.74) is 0.398. The van der Waals surface area contributed by atoms with Gasteiger partial charge >= 0.3 is 12.0 Å². The summed E-state index contributed by atoms with van der Waals surface area (Å²) >= 11 is 0. The summed E-state index contributed by atoms with van der Waals surface area (Å²) < 4.78 is 4.95. The Balaban J connectivity index is 1.93. The molecule has 1 aromatic carbocycles. The van der Waals surface area contributed by atoms with E-state index in [9.17, 15) is 24.0 Å². The summed E-state index contributed by atoms with van der Waals surface area (Å²) in [4.78, 5) is 61.1. The summed E-state index contributed by atoms with van der Waals surface area (Å²) in [6, 6.07) is 5.91. The first-order valence-corrected chi connectivity index (χ1v) is 8.73. The van der Waals surface area contributed by atoms with Crippen molar-refractivity contribution in [2.24, 2.45) is 0 Å². The minimum atomic E-state index is -1.28. The van der Waals surface area contributed by atoms with E-state index in [0.717, 1.165) is 4.90 Å². The lowest BCUT2D eigenvalue weighted by Crippen LogP contribution is -2.51. The zero-order valence-electron chi connectivity index (χ0n) is 16.2. The fraction of sp³-hybridized carbons (Fsp3) is 0.421. The zero-order valence-corrected chi connectivity index (χ0v) is 16.2. The van der Waals surface area contributed by atoms with E-state index >= 15 is 0 Å². The topological polar surface area (TPSA) is 122 Å². The van der Waals surface area contributed by atoms with Crippen molar-refractivity contribution >= 4 is 29.7 Å². The van der Waals surface area contributed by atoms with Crippen LogP contribution in [0.4, 0.5) is 4.79 Å². The third kappa shape index (κ3) is 5.38. The molecule has 2 N–H and O–H groups in total. The molecule has 0 aromatic heterocycles. The number of fused-ring (bicyclic) bond motifs is 1. The number of hydrogen-bond acceptors (Lipinski definition) is 6. The second-order valence-electron chi connectivity index (χ2n) is 7.44. The van der Waals surface area contributed by atoms with Gasteiger partial charge in [0.25, 0.3) is 11.8 Å². The van der Waals surface area contributed by atoms with E-state index in [-0.39, 0.29) is 6.42 Å². The SMILES string of the molecule is C[C@H](OC(=O)CN1C(=O)Cc2ccccc2C1=O)C(=O)NC(=O)NC(C)(C)C. The Morgan fingerprint density at radius 2 is 1.82 bits per heavy atom. The molecule has 1 atom stereocenters. The van der Waals surface area contributed by atoms with Crippen molar-refractivity contribution in [3.05, 3.63) is 35.4 Å². The molecule has 1 aliphatic heterocycles. The molecule has 0 saturated heterocycles. The van der Waals surface area contributed by atoms with Gasteiger partial charge in [0, 0.05) is 11.1 Å². The normalized spacial score (nSPS) is 14.8. The molecule has 0 fully saturated rings. The van der Waals surface area contributed by atoms with Crippen LogP contribution in [0.2, 0.25) is 0 Å². The molecule has 1 aromatic rings. The molecular weight excluding hydrogens is 366 g/mol. The Morgan fingerprint density at radius 3 is 2.46 bits per heavy atom. The molecule has 150 valence electrons. The summed E-state index contributed by atoms with van der Waals surface area (Å²) in [6.45, 7) is 5.90. The van der Waals surface area contributed by atoms with Crippen LogP contribution < -0.4 is 10.6 Å². The second kappa shape index (κ2) is 8.20. The highest BCUT2D eigenvalue weighted by atomic mass is 16.5. The first kappa shape index (κ1) is 21.1. The molecule has 1 heterocycles. The lowest BCUT2D eigenvalue weighted by atomic mass is 9.98. The molecule has 28 heavy (non-hydrogen) atoms. The second-order valence-corrected chi connectivity index (χ2v) is 7.44. The van der Waals surface area contributed by atoms with Gasteiger partial charge in [0.2, 0.25) is 5.91 Å². The van der Waals surface area contributed by atoms with Crippen LogP contribution in [-0.4, -0.2) is 52.8 Å². The maximum absolute atomic E-state index is 12.4. The van der Waals surface area contributed by atoms with Gasteiger partial charge in [-0.15, -0.1) is 0 Å². The Hall–Kier alpha value is -3.23. The van der Waals surface area contributed by atoms with Crippen LogP contribution in [0.15, 0.2) is 24.3 Å². The molecule has 0 radical (unpaired) electrons. The molecule has 9 heteroatoms. The van der Waals surface area contributed by atoms with Gasteiger partial charge in [-0.3, -0.25) is 29.4 Å². The van der Waals surface area contributed by atoms with Gasteiger partial charge in [-0.2, -0.15) is 0 Å². The van der Waals surface area contributed by atoms with Crippen molar-refractivity contribution < 1.29 is 28.7 Å². The van der Waals surface area contributed by atoms with Crippen molar-refractivity contribution in [2.45, 2.75) is 45.8 Å². The van der Waals surface area contributed by atoms with Crippen molar-refractivity contribution in [2.75, 3.05) is 6.54 Å². The molecule has 5 amide bonds. The van der Waals surface area contributed by atoms with E-state index in [0.29, 0.717) is 11.1 Å². The predicted octanol–water partition coefficient (Wildman–Crippen LogP) is 0.767. The van der Waals surface area contributed by atoms with Crippen LogP contribution in [0, 0.1) is 0 Å². The fourth-order valence-electron chi connectivity index (χ4n) is 2.56. The van der Waals surface area contributed by atoms with Crippen LogP contribution >= 0.6 is 0 Å². The Morgan fingerprint density at radius 1 is 1.18 bits per heavy atom. The number of esters is 1. The van der Waals surface area contributed by atoms with E-state index in [1.807, 2.05) is 0 Å². The predicted molar refractivity (Wildman–Crippen MR) is 98.2 cm³/mol. The summed E-state index contributed by atoms with van der Waals surface area (Å²) in [6.07, 6.45) is -1.28. The summed E-state index contributed by atoms with van der Waals surface area (Å²) in [5, 5.41) is 4.60. The highest BCUT2D eigenvalue weighted by Gasteiger charge is 2.33. The lowest BCUT2D eigenvalue weighted by Gasteiger charge is -2.26. The molecule has 0 spiro atoms. The van der Waals surface area contributed by atoms with Crippen LogP contribution in [-0.2, 0) is 25.5 Å². The number of ether oxygens (including phenoxy) is 1. The van der Waals surface area contributed by atoms with Crippen molar-refractivity contribution in [3.8, 4) is 0 Å². The Labute approximate surface area is 162 Å². The monoisotopic (exact) mass is 389 g/mol. The average Bonchev–Trinajstić information content (AvgIpc) is 2.56. The van der Waals surface area contributed by atoms with Crippen molar-refractivity contribution in [3.63, 3.8) is 0 Å². The molecule has 0 unspecified atom stereocenters. The number of amides is 5. The minimum Gasteiger partial charge on any atom is -0.451 e. The number of nitrogens with zero attached hydrogens (tertiary/aromatic N) is 1. The van der Waals surface area contributed by atoms with Gasteiger partial charge in [-0.1, -0.05) is 18.2 Å². The summed E-state index contributed by atoms with van der Waals surface area (Å²) in [5.74, 6) is -2.87. The zero-order chi connectivity index (χ0) is 21.1. The fourth-order valence-corrected chi connectivity index (χ4v) is 2.56.